The average molecular weight is 990 g/mol. The first-order valence-electron chi connectivity index (χ1n) is 17.0. The zero-order valence-electron chi connectivity index (χ0n) is 28.3. The Morgan fingerprint density at radius 1 is 0.667 bits per heavy atom. The lowest BCUT2D eigenvalue weighted by Gasteiger charge is -2.35. The number of Topliss-reactive ketones (excluding diaryl/α,β-unsaturated/α-hetero) is 2. The van der Waals surface area contributed by atoms with E-state index >= 15 is 0 Å². The Morgan fingerprint density at radius 2 is 1.14 bits per heavy atom. The zero-order valence-corrected chi connectivity index (χ0v) is 35.9. The number of nitrogens with one attached hydrogen (secondary N) is 1. The number of alkyl halides is 2. The summed E-state index contributed by atoms with van der Waals surface area (Å²) in [5.41, 5.74) is 9.47. The second-order valence-corrected chi connectivity index (χ2v) is 15.9. The zero-order chi connectivity index (χ0) is 36.5. The molecule has 270 valence electrons. The minimum Gasteiger partial charge on any atom is -0.316 e. The molecule has 2 aromatic heterocycles. The average Bonchev–Trinajstić information content (AvgIpc) is 3.37. The number of rotatable bonds is 1. The summed E-state index contributed by atoms with van der Waals surface area (Å²) in [6.45, 7) is 3.36. The molecule has 4 heterocycles. The van der Waals surface area contributed by atoms with Gasteiger partial charge in [-0.15, -0.1) is 11.6 Å². The first kappa shape index (κ1) is 40.7. The summed E-state index contributed by atoms with van der Waals surface area (Å²) in [5.74, 6) is 0.763. The molecular formula is C39H40Br2Cl3IN4O2. The number of benzene rings is 2. The molecule has 0 radical (unpaired) electrons. The minimum absolute atomic E-state index is 0.107. The van der Waals surface area contributed by atoms with Crippen LogP contribution in [0.2, 0.25) is 10.0 Å². The molecule has 2 fully saturated rings. The fourth-order valence-electron chi connectivity index (χ4n) is 6.89. The predicted molar refractivity (Wildman–Crippen MR) is 224 cm³/mol. The molecule has 0 bridgehead atoms. The summed E-state index contributed by atoms with van der Waals surface area (Å²) in [4.78, 5) is 35.7. The van der Waals surface area contributed by atoms with Gasteiger partial charge in [-0.2, -0.15) is 0 Å². The Kier molecular flexibility index (Phi) is 15.8. The van der Waals surface area contributed by atoms with Crippen molar-refractivity contribution in [3.63, 3.8) is 0 Å². The van der Waals surface area contributed by atoms with Crippen LogP contribution >= 0.6 is 89.3 Å². The van der Waals surface area contributed by atoms with E-state index < -0.39 is 0 Å². The molecule has 4 aliphatic rings. The monoisotopic (exact) mass is 986 g/mol. The van der Waals surface area contributed by atoms with Crippen LogP contribution in [0.3, 0.4) is 0 Å². The van der Waals surface area contributed by atoms with Gasteiger partial charge in [0.15, 0.2) is 0 Å². The fourth-order valence-corrected chi connectivity index (χ4v) is 8.45. The number of carbonyl (C=O) groups is 2. The molecule has 51 heavy (non-hydrogen) atoms. The molecule has 2 saturated heterocycles. The highest BCUT2D eigenvalue weighted by Crippen LogP contribution is 2.39. The van der Waals surface area contributed by atoms with Crippen LogP contribution in [0.15, 0.2) is 69.9 Å². The number of likely N-dealkylation sites (tertiary alicyclic amines) is 1. The molecule has 1 N–H and O–H groups in total. The summed E-state index contributed by atoms with van der Waals surface area (Å²) in [6.07, 6.45) is 10.2. The normalized spacial score (nSPS) is 19.4. The number of hydrogen-bond donors (Lipinski definition) is 1. The highest BCUT2D eigenvalue weighted by molar-refractivity contribution is 14.1. The topological polar surface area (TPSA) is 75.2 Å². The number of nitrogens with zero attached hydrogens (tertiary/aromatic N) is 3. The summed E-state index contributed by atoms with van der Waals surface area (Å²) in [7, 11) is 0. The second kappa shape index (κ2) is 19.8. The molecular weight excluding hydrogens is 950 g/mol. The van der Waals surface area contributed by atoms with Crippen molar-refractivity contribution in [2.45, 2.75) is 62.8 Å². The lowest BCUT2D eigenvalue weighted by molar-refractivity contribution is -0.122. The SMILES string of the molecule is CI.Clc1ccc2c(c1)CCc1cc(Br)cnc1C2Cl.O=C1CCN(C2c3ccc(Cl)cc3CCc3cc(Br)cnc32)CC1.O=C1CCNCC1. The van der Waals surface area contributed by atoms with Crippen LogP contribution in [0.25, 0.3) is 0 Å². The maximum atomic E-state index is 11.7. The Bertz CT molecular complexity index is 1740. The van der Waals surface area contributed by atoms with Crippen molar-refractivity contribution in [2.75, 3.05) is 31.1 Å². The number of aryl methyl sites for hydroxylation is 4. The van der Waals surface area contributed by atoms with Crippen molar-refractivity contribution < 1.29 is 9.59 Å². The van der Waals surface area contributed by atoms with Crippen molar-refractivity contribution in [3.8, 4) is 0 Å². The summed E-state index contributed by atoms with van der Waals surface area (Å²) in [5, 5.41) is 4.44. The van der Waals surface area contributed by atoms with Crippen LogP contribution in [0.5, 0.6) is 0 Å². The van der Waals surface area contributed by atoms with Gasteiger partial charge in [-0.25, -0.2) is 0 Å². The largest absolute Gasteiger partial charge is 0.316 e. The summed E-state index contributed by atoms with van der Waals surface area (Å²) < 4.78 is 2.01. The van der Waals surface area contributed by atoms with Crippen LogP contribution in [0.1, 0.15) is 81.9 Å². The van der Waals surface area contributed by atoms with Gasteiger partial charge in [-0.1, -0.05) is 57.9 Å². The van der Waals surface area contributed by atoms with Gasteiger partial charge in [0.1, 0.15) is 16.9 Å². The molecule has 2 aromatic carbocycles. The third kappa shape index (κ3) is 10.8. The van der Waals surface area contributed by atoms with Crippen LogP contribution in [-0.4, -0.2) is 57.5 Å². The number of ketones is 2. The van der Waals surface area contributed by atoms with E-state index in [1.807, 2.05) is 35.4 Å². The second-order valence-electron chi connectivity index (χ2n) is 12.7. The van der Waals surface area contributed by atoms with Crippen LogP contribution in [0.4, 0.5) is 0 Å². The predicted octanol–water partition coefficient (Wildman–Crippen LogP) is 10.3. The van der Waals surface area contributed by atoms with Crippen molar-refractivity contribution >= 4 is 101 Å². The maximum Gasteiger partial charge on any atom is 0.135 e. The van der Waals surface area contributed by atoms with E-state index in [0.29, 0.717) is 24.4 Å². The molecule has 0 amide bonds. The lowest BCUT2D eigenvalue weighted by Crippen LogP contribution is -2.38. The smallest absolute Gasteiger partial charge is 0.135 e. The maximum absolute atomic E-state index is 11.7. The fraction of sp³-hybridized carbons (Fsp3) is 0.385. The minimum atomic E-state index is -0.192. The van der Waals surface area contributed by atoms with E-state index in [9.17, 15) is 9.59 Å². The van der Waals surface area contributed by atoms with Gasteiger partial charge in [0.2, 0.25) is 0 Å². The third-order valence-corrected chi connectivity index (χ3v) is 11.2. The van der Waals surface area contributed by atoms with Gasteiger partial charge in [0.05, 0.1) is 17.4 Å². The molecule has 8 rings (SSSR count). The third-order valence-electron chi connectivity index (χ3n) is 9.42. The van der Waals surface area contributed by atoms with E-state index in [4.69, 9.17) is 39.8 Å². The summed E-state index contributed by atoms with van der Waals surface area (Å²) in [6, 6.07) is 16.5. The van der Waals surface area contributed by atoms with Crippen LogP contribution < -0.4 is 5.32 Å². The molecule has 0 spiro atoms. The Hall–Kier alpha value is -1.44. The molecule has 4 aromatic rings. The Labute approximate surface area is 346 Å². The van der Waals surface area contributed by atoms with Crippen molar-refractivity contribution in [2.24, 2.45) is 0 Å². The number of halogens is 6. The summed E-state index contributed by atoms with van der Waals surface area (Å²) >= 11 is 28.0. The van der Waals surface area contributed by atoms with E-state index in [2.05, 4.69) is 93.9 Å². The molecule has 2 atom stereocenters. The van der Waals surface area contributed by atoms with Gasteiger partial charge >= 0.3 is 0 Å². The van der Waals surface area contributed by atoms with Gasteiger partial charge in [-0.05, 0) is 132 Å². The number of hydrogen-bond acceptors (Lipinski definition) is 6. The van der Waals surface area contributed by atoms with Crippen molar-refractivity contribution in [3.05, 3.63) is 125 Å². The highest BCUT2D eigenvalue weighted by atomic mass is 127. The van der Waals surface area contributed by atoms with Crippen molar-refractivity contribution in [1.82, 2.24) is 20.2 Å². The standard InChI is InChI=1S/C19H18BrClN2O.C14H10BrCl2N.C5H9NO.CH3I/c20-14-9-13-2-1-12-10-15(21)3-4-17(12)19(18(13)22-11-14)23-7-5-16(24)6-8-23;15-10-5-9-2-1-8-6-11(16)3-4-12(8)13(17)14(9)18-7-10;7-5-1-3-6-4-2-5;1-2/h3-4,9-11,19H,1-2,5-8H2;3-7,13H,1-2H2;6H,1-4H2;1H3. The molecule has 2 aliphatic heterocycles. The lowest BCUT2D eigenvalue weighted by atomic mass is 9.94. The van der Waals surface area contributed by atoms with Crippen molar-refractivity contribution in [1.29, 1.82) is 0 Å². The number of aromatic nitrogens is 2. The first-order chi connectivity index (χ1) is 24.7. The number of carbonyl (C=O) groups excluding carboxylic acids is 2. The molecule has 12 heteroatoms. The first-order valence-corrected chi connectivity index (χ1v) is 21.9. The molecule has 0 saturated carbocycles. The Morgan fingerprint density at radius 3 is 1.69 bits per heavy atom. The molecule has 2 aliphatic carbocycles. The highest BCUT2D eigenvalue weighted by Gasteiger charge is 2.32. The van der Waals surface area contributed by atoms with E-state index in [-0.39, 0.29) is 11.4 Å². The Balaban J connectivity index is 0.000000164. The molecule has 6 nitrogen and oxygen atoms in total. The molecule has 2 unspecified atom stereocenters. The van der Waals surface area contributed by atoms with Gasteiger partial charge < -0.3 is 5.32 Å². The van der Waals surface area contributed by atoms with Gasteiger partial charge in [0, 0.05) is 83.2 Å². The number of piperidine rings is 2. The van der Waals surface area contributed by atoms with E-state index in [0.717, 1.165) is 101 Å². The van der Waals surface area contributed by atoms with Crippen LogP contribution in [0, 0.1) is 0 Å². The van der Waals surface area contributed by atoms with Crippen LogP contribution in [-0.2, 0) is 35.3 Å². The number of pyridine rings is 2. The van der Waals surface area contributed by atoms with Gasteiger partial charge in [0.25, 0.3) is 0 Å². The van der Waals surface area contributed by atoms with Gasteiger partial charge in [-0.3, -0.25) is 24.5 Å². The van der Waals surface area contributed by atoms with E-state index in [1.165, 1.54) is 27.8 Å². The number of fused-ring (bicyclic) bond motifs is 4. The van der Waals surface area contributed by atoms with E-state index in [1.54, 1.807) is 6.20 Å². The quantitative estimate of drug-likeness (QED) is 0.151.